The van der Waals surface area contributed by atoms with E-state index < -0.39 is 7.12 Å². The standard InChI is InChI=1S/C18H13BClNO2/c20-12-9-10-17-15(11-12)14-7-4-8-16(19(22)23)18(14)21(17)13-5-2-1-3-6-13/h1-11,22-23H. The van der Waals surface area contributed by atoms with Crippen LogP contribution >= 0.6 is 11.6 Å². The van der Waals surface area contributed by atoms with Crippen molar-refractivity contribution in [2.24, 2.45) is 0 Å². The summed E-state index contributed by atoms with van der Waals surface area (Å²) in [5.74, 6) is 0. The number of nitrogens with zero attached hydrogens (tertiary/aromatic N) is 1. The first-order valence-electron chi connectivity index (χ1n) is 7.31. The predicted molar refractivity (Wildman–Crippen MR) is 95.6 cm³/mol. The number of halogens is 1. The van der Waals surface area contributed by atoms with Crippen LogP contribution < -0.4 is 5.46 Å². The molecule has 1 heterocycles. The number of benzene rings is 3. The lowest BCUT2D eigenvalue weighted by atomic mass is 9.79. The van der Waals surface area contributed by atoms with Gasteiger partial charge in [0.25, 0.3) is 0 Å². The minimum absolute atomic E-state index is 0.471. The lowest BCUT2D eigenvalue weighted by Crippen LogP contribution is -2.31. The van der Waals surface area contributed by atoms with E-state index in [0.717, 1.165) is 27.5 Å². The first kappa shape index (κ1) is 14.3. The summed E-state index contributed by atoms with van der Waals surface area (Å²) in [5.41, 5.74) is 3.19. The van der Waals surface area contributed by atoms with Crippen LogP contribution in [0.2, 0.25) is 5.02 Å². The summed E-state index contributed by atoms with van der Waals surface area (Å²) in [4.78, 5) is 0. The molecule has 0 aliphatic carbocycles. The van der Waals surface area contributed by atoms with E-state index in [2.05, 4.69) is 0 Å². The van der Waals surface area contributed by atoms with E-state index in [9.17, 15) is 10.0 Å². The van der Waals surface area contributed by atoms with Gasteiger partial charge in [-0.25, -0.2) is 0 Å². The highest BCUT2D eigenvalue weighted by molar-refractivity contribution is 6.62. The molecule has 3 nitrogen and oxygen atoms in total. The molecular weight excluding hydrogens is 308 g/mol. The van der Waals surface area contributed by atoms with Crippen LogP contribution in [-0.4, -0.2) is 21.7 Å². The highest BCUT2D eigenvalue weighted by atomic mass is 35.5. The fourth-order valence-corrected chi connectivity index (χ4v) is 3.29. The minimum Gasteiger partial charge on any atom is -0.423 e. The van der Waals surface area contributed by atoms with E-state index in [0.29, 0.717) is 10.5 Å². The van der Waals surface area contributed by atoms with E-state index in [4.69, 9.17) is 11.6 Å². The smallest absolute Gasteiger partial charge is 0.423 e. The Balaban J connectivity index is 2.25. The molecular formula is C18H13BClNO2. The van der Waals surface area contributed by atoms with Crippen LogP contribution in [0, 0.1) is 0 Å². The van der Waals surface area contributed by atoms with Crippen molar-refractivity contribution in [1.82, 2.24) is 4.57 Å². The Hall–Kier alpha value is -2.27. The third kappa shape index (κ3) is 2.23. The highest BCUT2D eigenvalue weighted by Gasteiger charge is 2.21. The van der Waals surface area contributed by atoms with Gasteiger partial charge in [-0.15, -0.1) is 0 Å². The molecule has 0 spiro atoms. The number of hydrogen-bond acceptors (Lipinski definition) is 2. The molecule has 0 fully saturated rings. The van der Waals surface area contributed by atoms with E-state index in [1.165, 1.54) is 0 Å². The topological polar surface area (TPSA) is 45.4 Å². The Bertz CT molecular complexity index is 1010. The predicted octanol–water partition coefficient (Wildman–Crippen LogP) is 3.12. The van der Waals surface area contributed by atoms with Gasteiger partial charge >= 0.3 is 7.12 Å². The second kappa shape index (κ2) is 5.42. The Morgan fingerprint density at radius 3 is 2.35 bits per heavy atom. The van der Waals surface area contributed by atoms with Gasteiger partial charge < -0.3 is 14.6 Å². The summed E-state index contributed by atoms with van der Waals surface area (Å²) >= 11 is 6.17. The third-order valence-corrected chi connectivity index (χ3v) is 4.31. The molecule has 0 saturated heterocycles. The van der Waals surface area contributed by atoms with Crippen LogP contribution in [0.25, 0.3) is 27.5 Å². The third-order valence-electron chi connectivity index (χ3n) is 4.07. The number of aromatic nitrogens is 1. The molecule has 112 valence electrons. The van der Waals surface area contributed by atoms with Gasteiger partial charge in [-0.05, 0) is 30.3 Å². The fraction of sp³-hybridized carbons (Fsp3) is 0. The molecule has 0 aliphatic heterocycles. The number of para-hydroxylation sites is 2. The molecule has 2 N–H and O–H groups in total. The zero-order chi connectivity index (χ0) is 16.0. The molecule has 0 atom stereocenters. The Kier molecular flexibility index (Phi) is 3.38. The summed E-state index contributed by atoms with van der Waals surface area (Å²) < 4.78 is 2.04. The van der Waals surface area contributed by atoms with Crippen molar-refractivity contribution >= 4 is 46.0 Å². The zero-order valence-corrected chi connectivity index (χ0v) is 12.9. The van der Waals surface area contributed by atoms with Crippen LogP contribution in [0.5, 0.6) is 0 Å². The first-order valence-corrected chi connectivity index (χ1v) is 7.69. The lowest BCUT2D eigenvalue weighted by Gasteiger charge is -2.10. The average molecular weight is 322 g/mol. The molecule has 4 aromatic rings. The lowest BCUT2D eigenvalue weighted by molar-refractivity contribution is 0.426. The monoisotopic (exact) mass is 321 g/mol. The largest absolute Gasteiger partial charge is 0.490 e. The van der Waals surface area contributed by atoms with Crippen molar-refractivity contribution in [3.63, 3.8) is 0 Å². The number of rotatable bonds is 2. The second-order valence-corrected chi connectivity index (χ2v) is 5.89. The van der Waals surface area contributed by atoms with E-state index in [1.807, 2.05) is 65.2 Å². The van der Waals surface area contributed by atoms with Crippen LogP contribution in [-0.2, 0) is 0 Å². The van der Waals surface area contributed by atoms with Gasteiger partial charge in [0.2, 0.25) is 0 Å². The summed E-state index contributed by atoms with van der Waals surface area (Å²) in [6, 6.07) is 21.1. The molecule has 1 aromatic heterocycles. The highest BCUT2D eigenvalue weighted by Crippen LogP contribution is 2.32. The van der Waals surface area contributed by atoms with Crippen molar-refractivity contribution in [3.05, 3.63) is 71.8 Å². The molecule has 0 aliphatic rings. The Labute approximate surface area is 138 Å². The SMILES string of the molecule is OB(O)c1cccc2c3cc(Cl)ccc3n(-c3ccccc3)c12. The zero-order valence-electron chi connectivity index (χ0n) is 12.1. The maximum Gasteiger partial charge on any atom is 0.490 e. The Morgan fingerprint density at radius 1 is 0.826 bits per heavy atom. The van der Waals surface area contributed by atoms with Gasteiger partial charge in [0.05, 0.1) is 11.0 Å². The van der Waals surface area contributed by atoms with Crippen molar-refractivity contribution in [1.29, 1.82) is 0 Å². The van der Waals surface area contributed by atoms with Gasteiger partial charge in [0, 0.05) is 26.9 Å². The van der Waals surface area contributed by atoms with Crippen molar-refractivity contribution in [2.75, 3.05) is 0 Å². The molecule has 0 unspecified atom stereocenters. The quantitative estimate of drug-likeness (QED) is 0.557. The molecule has 3 aromatic carbocycles. The van der Waals surface area contributed by atoms with Crippen molar-refractivity contribution in [2.45, 2.75) is 0 Å². The molecule has 0 bridgehead atoms. The van der Waals surface area contributed by atoms with Crippen LogP contribution in [0.4, 0.5) is 0 Å². The minimum atomic E-state index is -1.54. The van der Waals surface area contributed by atoms with E-state index >= 15 is 0 Å². The first-order chi connectivity index (χ1) is 11.2. The summed E-state index contributed by atoms with van der Waals surface area (Å²) in [6.45, 7) is 0. The van der Waals surface area contributed by atoms with Crippen LogP contribution in [0.3, 0.4) is 0 Å². The van der Waals surface area contributed by atoms with Gasteiger partial charge in [-0.3, -0.25) is 0 Å². The molecule has 0 amide bonds. The van der Waals surface area contributed by atoms with Crippen molar-refractivity contribution in [3.8, 4) is 5.69 Å². The van der Waals surface area contributed by atoms with Crippen LogP contribution in [0.15, 0.2) is 66.7 Å². The summed E-state index contributed by atoms with van der Waals surface area (Å²) in [5, 5.41) is 22.2. The molecule has 5 heteroatoms. The summed E-state index contributed by atoms with van der Waals surface area (Å²) in [7, 11) is -1.54. The van der Waals surface area contributed by atoms with Gasteiger partial charge in [-0.2, -0.15) is 0 Å². The van der Waals surface area contributed by atoms with Crippen molar-refractivity contribution < 1.29 is 10.0 Å². The van der Waals surface area contributed by atoms with Crippen LogP contribution in [0.1, 0.15) is 0 Å². The number of fused-ring (bicyclic) bond motifs is 3. The molecule has 4 rings (SSSR count). The maximum absolute atomic E-state index is 9.79. The number of hydrogen-bond donors (Lipinski definition) is 2. The molecule has 0 radical (unpaired) electrons. The van der Waals surface area contributed by atoms with E-state index in [1.54, 1.807) is 6.07 Å². The fourth-order valence-electron chi connectivity index (χ4n) is 3.12. The Morgan fingerprint density at radius 2 is 1.61 bits per heavy atom. The average Bonchev–Trinajstić information content (AvgIpc) is 2.89. The van der Waals surface area contributed by atoms with E-state index in [-0.39, 0.29) is 0 Å². The van der Waals surface area contributed by atoms with Gasteiger partial charge in [0.1, 0.15) is 0 Å². The normalized spacial score (nSPS) is 11.3. The summed E-state index contributed by atoms with van der Waals surface area (Å²) in [6.07, 6.45) is 0. The molecule has 23 heavy (non-hydrogen) atoms. The van der Waals surface area contributed by atoms with Gasteiger partial charge in [-0.1, -0.05) is 48.0 Å². The molecule has 0 saturated carbocycles. The maximum atomic E-state index is 9.79. The van der Waals surface area contributed by atoms with Gasteiger partial charge in [0.15, 0.2) is 0 Å². The second-order valence-electron chi connectivity index (χ2n) is 5.45.